The number of benzene rings is 1. The van der Waals surface area contributed by atoms with E-state index >= 15 is 0 Å². The first-order chi connectivity index (χ1) is 9.96. The summed E-state index contributed by atoms with van der Waals surface area (Å²) in [7, 11) is -1.56. The number of nitrogens with one attached hydrogen (secondary N) is 2. The molecule has 1 aliphatic rings. The molecule has 1 fully saturated rings. The van der Waals surface area contributed by atoms with Crippen molar-refractivity contribution in [2.45, 2.75) is 48.9 Å². The molecule has 0 saturated heterocycles. The van der Waals surface area contributed by atoms with Gasteiger partial charge in [-0.25, -0.2) is 13.1 Å². The maximum Gasteiger partial charge on any atom is 0.240 e. The molecule has 2 atom stereocenters. The molecule has 2 rings (SSSR count). The van der Waals surface area contributed by atoms with Gasteiger partial charge in [0.15, 0.2) is 0 Å². The van der Waals surface area contributed by atoms with E-state index in [0.29, 0.717) is 16.7 Å². The van der Waals surface area contributed by atoms with Crippen LogP contribution in [0.1, 0.15) is 30.4 Å². The summed E-state index contributed by atoms with van der Waals surface area (Å²) in [4.78, 5) is 0.367. The number of sulfonamides is 1. The molecule has 0 amide bonds. The van der Waals surface area contributed by atoms with Crippen LogP contribution in [0.3, 0.4) is 0 Å². The van der Waals surface area contributed by atoms with Crippen LogP contribution in [-0.2, 0) is 16.6 Å². The topological polar surface area (TPSA) is 58.2 Å². The van der Waals surface area contributed by atoms with Crippen LogP contribution in [0, 0.1) is 6.92 Å². The first kappa shape index (κ1) is 16.8. The Bertz CT molecular complexity index is 587. The Morgan fingerprint density at radius 3 is 2.71 bits per heavy atom. The van der Waals surface area contributed by atoms with Gasteiger partial charge < -0.3 is 5.32 Å². The SMILES string of the molecule is CNCc1cc(S(=O)(=O)NC2CCC(SC)C2)ccc1C. The van der Waals surface area contributed by atoms with Gasteiger partial charge in [0.2, 0.25) is 10.0 Å². The summed E-state index contributed by atoms with van der Waals surface area (Å²) in [6, 6.07) is 5.41. The minimum absolute atomic E-state index is 0.0708. The quantitative estimate of drug-likeness (QED) is 0.841. The number of thioether (sulfide) groups is 1. The van der Waals surface area contributed by atoms with Gasteiger partial charge in [-0.3, -0.25) is 0 Å². The lowest BCUT2D eigenvalue weighted by Crippen LogP contribution is -2.33. The Morgan fingerprint density at radius 2 is 2.10 bits per heavy atom. The average molecular weight is 329 g/mol. The fourth-order valence-corrected chi connectivity index (χ4v) is 4.87. The number of hydrogen-bond acceptors (Lipinski definition) is 4. The summed E-state index contributed by atoms with van der Waals surface area (Å²) in [5.74, 6) is 0. The third kappa shape index (κ3) is 4.22. The highest BCUT2D eigenvalue weighted by Crippen LogP contribution is 2.29. The normalized spacial score (nSPS) is 22.6. The van der Waals surface area contributed by atoms with Crippen LogP contribution in [0.2, 0.25) is 0 Å². The summed E-state index contributed by atoms with van der Waals surface area (Å²) in [6.45, 7) is 2.67. The van der Waals surface area contributed by atoms with E-state index < -0.39 is 10.0 Å². The van der Waals surface area contributed by atoms with Crippen LogP contribution in [0.15, 0.2) is 23.1 Å². The summed E-state index contributed by atoms with van der Waals surface area (Å²) in [6.07, 6.45) is 5.04. The van der Waals surface area contributed by atoms with Gasteiger partial charge in [0.25, 0.3) is 0 Å². The summed E-state index contributed by atoms with van der Waals surface area (Å²) in [5, 5.41) is 3.65. The highest BCUT2D eigenvalue weighted by molar-refractivity contribution is 7.99. The predicted molar refractivity (Wildman–Crippen MR) is 89.2 cm³/mol. The van der Waals surface area contributed by atoms with Crippen LogP contribution in [0.4, 0.5) is 0 Å². The Hall–Kier alpha value is -0.560. The lowest BCUT2D eigenvalue weighted by molar-refractivity contribution is 0.552. The zero-order valence-electron chi connectivity index (χ0n) is 12.8. The molecule has 0 spiro atoms. The van der Waals surface area contributed by atoms with Crippen molar-refractivity contribution in [1.82, 2.24) is 10.0 Å². The smallest absolute Gasteiger partial charge is 0.240 e. The monoisotopic (exact) mass is 328 g/mol. The summed E-state index contributed by atoms with van der Waals surface area (Å²) in [5.41, 5.74) is 2.13. The highest BCUT2D eigenvalue weighted by Gasteiger charge is 2.28. The molecule has 1 aromatic rings. The number of aryl methyl sites for hydroxylation is 1. The number of rotatable bonds is 6. The molecule has 1 saturated carbocycles. The molecule has 2 unspecified atom stereocenters. The van der Waals surface area contributed by atoms with E-state index in [2.05, 4.69) is 16.3 Å². The molecule has 0 aliphatic heterocycles. The lowest BCUT2D eigenvalue weighted by atomic mass is 10.1. The molecule has 0 heterocycles. The largest absolute Gasteiger partial charge is 0.316 e. The van der Waals surface area contributed by atoms with Crippen molar-refractivity contribution in [2.24, 2.45) is 0 Å². The van der Waals surface area contributed by atoms with Crippen LogP contribution >= 0.6 is 11.8 Å². The highest BCUT2D eigenvalue weighted by atomic mass is 32.2. The fraction of sp³-hybridized carbons (Fsp3) is 0.600. The predicted octanol–water partition coefficient (Wildman–Crippen LogP) is 2.28. The molecule has 4 nitrogen and oxygen atoms in total. The van der Waals surface area contributed by atoms with Crippen LogP contribution < -0.4 is 10.0 Å². The van der Waals surface area contributed by atoms with Gasteiger partial charge in [0.1, 0.15) is 0 Å². The minimum atomic E-state index is -3.42. The molecule has 0 radical (unpaired) electrons. The van der Waals surface area contributed by atoms with Crippen molar-refractivity contribution >= 4 is 21.8 Å². The molecule has 2 N–H and O–H groups in total. The lowest BCUT2D eigenvalue weighted by Gasteiger charge is -2.15. The summed E-state index contributed by atoms with van der Waals surface area (Å²) >= 11 is 1.83. The minimum Gasteiger partial charge on any atom is -0.316 e. The van der Waals surface area contributed by atoms with Gasteiger partial charge in [0, 0.05) is 17.8 Å². The molecule has 6 heteroatoms. The van der Waals surface area contributed by atoms with E-state index in [0.717, 1.165) is 30.4 Å². The van der Waals surface area contributed by atoms with Gasteiger partial charge in [-0.2, -0.15) is 11.8 Å². The van der Waals surface area contributed by atoms with Gasteiger partial charge >= 0.3 is 0 Å². The molecular weight excluding hydrogens is 304 g/mol. The Balaban J connectivity index is 2.14. The number of hydrogen-bond donors (Lipinski definition) is 2. The van der Waals surface area contributed by atoms with E-state index in [4.69, 9.17) is 0 Å². The maximum absolute atomic E-state index is 12.5. The van der Waals surface area contributed by atoms with Crippen LogP contribution in [0.5, 0.6) is 0 Å². The van der Waals surface area contributed by atoms with Crippen molar-refractivity contribution < 1.29 is 8.42 Å². The first-order valence-electron chi connectivity index (χ1n) is 7.25. The van der Waals surface area contributed by atoms with Gasteiger partial charge in [0.05, 0.1) is 4.90 Å². The third-order valence-electron chi connectivity index (χ3n) is 4.04. The second-order valence-electron chi connectivity index (χ2n) is 5.61. The van der Waals surface area contributed by atoms with Crippen molar-refractivity contribution in [3.8, 4) is 0 Å². The first-order valence-corrected chi connectivity index (χ1v) is 10.0. The second-order valence-corrected chi connectivity index (χ2v) is 8.46. The van der Waals surface area contributed by atoms with E-state index in [-0.39, 0.29) is 6.04 Å². The van der Waals surface area contributed by atoms with Gasteiger partial charge in [-0.1, -0.05) is 6.07 Å². The molecule has 118 valence electrons. The second kappa shape index (κ2) is 7.13. The summed E-state index contributed by atoms with van der Waals surface area (Å²) < 4.78 is 27.9. The van der Waals surface area contributed by atoms with Crippen molar-refractivity contribution in [2.75, 3.05) is 13.3 Å². The van der Waals surface area contributed by atoms with Crippen molar-refractivity contribution in [3.05, 3.63) is 29.3 Å². The van der Waals surface area contributed by atoms with Crippen molar-refractivity contribution in [3.63, 3.8) is 0 Å². The Labute approximate surface area is 132 Å². The van der Waals surface area contributed by atoms with Gasteiger partial charge in [-0.05, 0) is 62.7 Å². The molecule has 1 aliphatic carbocycles. The average Bonchev–Trinajstić information content (AvgIpc) is 2.88. The molecule has 0 bridgehead atoms. The van der Waals surface area contributed by atoms with Crippen LogP contribution in [0.25, 0.3) is 0 Å². The molecule has 0 aromatic heterocycles. The zero-order valence-corrected chi connectivity index (χ0v) is 14.5. The van der Waals surface area contributed by atoms with E-state index in [9.17, 15) is 8.42 Å². The molecular formula is C15H24N2O2S2. The van der Waals surface area contributed by atoms with E-state index in [1.165, 1.54) is 0 Å². The Morgan fingerprint density at radius 1 is 1.33 bits per heavy atom. The van der Waals surface area contributed by atoms with Crippen molar-refractivity contribution in [1.29, 1.82) is 0 Å². The van der Waals surface area contributed by atoms with E-state index in [1.54, 1.807) is 12.1 Å². The fourth-order valence-electron chi connectivity index (χ4n) is 2.74. The molecule has 21 heavy (non-hydrogen) atoms. The maximum atomic E-state index is 12.5. The molecule has 1 aromatic carbocycles. The van der Waals surface area contributed by atoms with Gasteiger partial charge in [-0.15, -0.1) is 0 Å². The third-order valence-corrected chi connectivity index (χ3v) is 6.65. The standard InChI is InChI=1S/C15H24N2O2S2/c1-11-4-7-15(8-12(11)10-16-2)21(18,19)17-13-5-6-14(9-13)20-3/h4,7-8,13-14,16-17H,5-6,9-10H2,1-3H3. The Kier molecular flexibility index (Phi) is 5.71. The zero-order chi connectivity index (χ0) is 15.5. The van der Waals surface area contributed by atoms with Crippen LogP contribution in [-0.4, -0.2) is 33.0 Å². The van der Waals surface area contributed by atoms with E-state index in [1.807, 2.05) is 31.8 Å².